The van der Waals surface area contributed by atoms with Gasteiger partial charge in [0.25, 0.3) is 0 Å². The molecule has 2 saturated heterocycles. The number of rotatable bonds is 5. The molecule has 27 heavy (non-hydrogen) atoms. The highest BCUT2D eigenvalue weighted by Crippen LogP contribution is 2.32. The molecule has 3 heterocycles. The molecule has 0 aliphatic carbocycles. The average molecular weight is 390 g/mol. The molecule has 0 saturated carbocycles. The standard InChI is InChI=1S/C20H27N3O3S/c1-26-19-5-4-16(14-17(19)15-22-9-2-3-10-22)20-21-8-11-23(20)18-6-12-27(24,25)13-7-18/h4-5,8,11,14,18H,2-3,6-7,9-10,12-13,15H2,1H3. The van der Waals surface area contributed by atoms with Gasteiger partial charge in [-0.15, -0.1) is 0 Å². The van der Waals surface area contributed by atoms with Gasteiger partial charge < -0.3 is 9.30 Å². The Balaban J connectivity index is 1.61. The monoisotopic (exact) mass is 389 g/mol. The lowest BCUT2D eigenvalue weighted by Crippen LogP contribution is -2.25. The van der Waals surface area contributed by atoms with Gasteiger partial charge in [0.15, 0.2) is 0 Å². The van der Waals surface area contributed by atoms with Crippen molar-refractivity contribution in [2.24, 2.45) is 0 Å². The molecule has 0 atom stereocenters. The lowest BCUT2D eigenvalue weighted by atomic mass is 10.1. The summed E-state index contributed by atoms with van der Waals surface area (Å²) in [5, 5.41) is 0. The van der Waals surface area contributed by atoms with E-state index in [2.05, 4.69) is 20.5 Å². The number of hydrogen-bond acceptors (Lipinski definition) is 5. The Kier molecular flexibility index (Phi) is 5.23. The van der Waals surface area contributed by atoms with Gasteiger partial charge in [0.05, 0.1) is 18.6 Å². The number of imidazole rings is 1. The summed E-state index contributed by atoms with van der Waals surface area (Å²) in [6, 6.07) is 6.43. The first kappa shape index (κ1) is 18.5. The minimum atomic E-state index is -2.87. The van der Waals surface area contributed by atoms with Crippen LogP contribution in [-0.2, 0) is 16.4 Å². The second kappa shape index (κ2) is 7.64. The van der Waals surface area contributed by atoms with Gasteiger partial charge in [0.1, 0.15) is 21.4 Å². The molecule has 0 unspecified atom stereocenters. The third-order valence-corrected chi connectivity index (χ3v) is 7.43. The predicted molar refractivity (Wildman–Crippen MR) is 106 cm³/mol. The van der Waals surface area contributed by atoms with Crippen LogP contribution in [-0.4, -0.2) is 54.6 Å². The minimum Gasteiger partial charge on any atom is -0.496 e. The third-order valence-electron chi connectivity index (χ3n) is 5.72. The van der Waals surface area contributed by atoms with Crippen molar-refractivity contribution in [3.63, 3.8) is 0 Å². The Hall–Kier alpha value is -1.86. The number of likely N-dealkylation sites (tertiary alicyclic amines) is 1. The zero-order valence-corrected chi connectivity index (χ0v) is 16.6. The highest BCUT2D eigenvalue weighted by atomic mass is 32.2. The maximum Gasteiger partial charge on any atom is 0.150 e. The van der Waals surface area contributed by atoms with Crippen molar-refractivity contribution in [3.05, 3.63) is 36.2 Å². The third kappa shape index (κ3) is 4.04. The fourth-order valence-electron chi connectivity index (χ4n) is 4.21. The molecule has 1 aromatic carbocycles. The molecule has 0 amide bonds. The molecule has 0 N–H and O–H groups in total. The molecule has 2 aliphatic rings. The Bertz CT molecular complexity index is 887. The molecule has 7 heteroatoms. The first-order valence-corrected chi connectivity index (χ1v) is 11.5. The van der Waals surface area contributed by atoms with Crippen LogP contribution >= 0.6 is 0 Å². The largest absolute Gasteiger partial charge is 0.496 e. The number of methoxy groups -OCH3 is 1. The summed E-state index contributed by atoms with van der Waals surface area (Å²) in [5.41, 5.74) is 2.24. The van der Waals surface area contributed by atoms with Gasteiger partial charge in [-0.3, -0.25) is 4.90 Å². The van der Waals surface area contributed by atoms with E-state index in [1.807, 2.05) is 24.5 Å². The second-order valence-corrected chi connectivity index (χ2v) is 9.85. The van der Waals surface area contributed by atoms with Gasteiger partial charge in [-0.1, -0.05) is 0 Å². The van der Waals surface area contributed by atoms with Crippen LogP contribution in [0.25, 0.3) is 11.4 Å². The SMILES string of the molecule is COc1ccc(-c2nccn2C2CCS(=O)(=O)CC2)cc1CN1CCCC1. The van der Waals surface area contributed by atoms with Crippen molar-refractivity contribution in [3.8, 4) is 17.1 Å². The van der Waals surface area contributed by atoms with Crippen molar-refractivity contribution >= 4 is 9.84 Å². The second-order valence-electron chi connectivity index (χ2n) is 7.55. The van der Waals surface area contributed by atoms with Crippen LogP contribution in [0.5, 0.6) is 5.75 Å². The zero-order chi connectivity index (χ0) is 18.9. The van der Waals surface area contributed by atoms with E-state index in [0.717, 1.165) is 36.8 Å². The van der Waals surface area contributed by atoms with E-state index < -0.39 is 9.84 Å². The predicted octanol–water partition coefficient (Wildman–Crippen LogP) is 2.90. The molecular formula is C20H27N3O3S. The van der Waals surface area contributed by atoms with Crippen LogP contribution < -0.4 is 4.74 Å². The molecule has 0 spiro atoms. The summed E-state index contributed by atoms with van der Waals surface area (Å²) in [5.74, 6) is 2.34. The van der Waals surface area contributed by atoms with E-state index in [-0.39, 0.29) is 17.5 Å². The Morgan fingerprint density at radius 2 is 1.93 bits per heavy atom. The maximum absolute atomic E-state index is 11.8. The first-order chi connectivity index (χ1) is 13.1. The fraction of sp³-hybridized carbons (Fsp3) is 0.550. The van der Waals surface area contributed by atoms with Crippen LogP contribution in [0.2, 0.25) is 0 Å². The summed E-state index contributed by atoms with van der Waals surface area (Å²) in [4.78, 5) is 7.04. The van der Waals surface area contributed by atoms with Gasteiger partial charge in [-0.05, 0) is 57.0 Å². The van der Waals surface area contributed by atoms with E-state index >= 15 is 0 Å². The highest BCUT2D eigenvalue weighted by Gasteiger charge is 2.26. The molecule has 0 bridgehead atoms. The Morgan fingerprint density at radius 3 is 2.63 bits per heavy atom. The molecule has 4 rings (SSSR count). The number of sulfone groups is 1. The van der Waals surface area contributed by atoms with Gasteiger partial charge in [-0.2, -0.15) is 0 Å². The molecule has 2 aromatic rings. The van der Waals surface area contributed by atoms with Gasteiger partial charge in [0.2, 0.25) is 0 Å². The van der Waals surface area contributed by atoms with E-state index in [0.29, 0.717) is 12.8 Å². The summed E-state index contributed by atoms with van der Waals surface area (Å²) >= 11 is 0. The van der Waals surface area contributed by atoms with Crippen molar-refractivity contribution in [1.29, 1.82) is 0 Å². The molecule has 2 fully saturated rings. The summed E-state index contributed by atoms with van der Waals surface area (Å²) in [6.45, 7) is 3.16. The number of benzene rings is 1. The Morgan fingerprint density at radius 1 is 1.19 bits per heavy atom. The molecule has 1 aromatic heterocycles. The van der Waals surface area contributed by atoms with Gasteiger partial charge in [0, 0.05) is 36.1 Å². The maximum atomic E-state index is 11.8. The zero-order valence-electron chi connectivity index (χ0n) is 15.8. The van der Waals surface area contributed by atoms with Crippen LogP contribution in [0.3, 0.4) is 0 Å². The van der Waals surface area contributed by atoms with Crippen LogP contribution in [0.15, 0.2) is 30.6 Å². The molecule has 146 valence electrons. The highest BCUT2D eigenvalue weighted by molar-refractivity contribution is 7.91. The molecular weight excluding hydrogens is 362 g/mol. The number of aromatic nitrogens is 2. The van der Waals surface area contributed by atoms with Gasteiger partial charge in [-0.25, -0.2) is 13.4 Å². The average Bonchev–Trinajstić information content (AvgIpc) is 3.33. The smallest absolute Gasteiger partial charge is 0.150 e. The van der Waals surface area contributed by atoms with E-state index in [1.165, 1.54) is 18.4 Å². The first-order valence-electron chi connectivity index (χ1n) is 9.68. The van der Waals surface area contributed by atoms with E-state index in [9.17, 15) is 8.42 Å². The van der Waals surface area contributed by atoms with Gasteiger partial charge >= 0.3 is 0 Å². The lowest BCUT2D eigenvalue weighted by Gasteiger charge is -2.25. The molecule has 0 radical (unpaired) electrons. The van der Waals surface area contributed by atoms with E-state index in [4.69, 9.17) is 4.74 Å². The summed E-state index contributed by atoms with van der Waals surface area (Å²) in [7, 11) is -1.15. The lowest BCUT2D eigenvalue weighted by molar-refractivity contribution is 0.321. The van der Waals surface area contributed by atoms with Crippen molar-refractivity contribution in [1.82, 2.24) is 14.5 Å². The van der Waals surface area contributed by atoms with Crippen molar-refractivity contribution < 1.29 is 13.2 Å². The normalized spacial score (nSPS) is 20.8. The summed E-state index contributed by atoms with van der Waals surface area (Å²) < 4.78 is 31.2. The van der Waals surface area contributed by atoms with Crippen LogP contribution in [0.1, 0.15) is 37.3 Å². The minimum absolute atomic E-state index is 0.190. The molecule has 2 aliphatic heterocycles. The number of ether oxygens (including phenoxy) is 1. The Labute approximate surface area is 161 Å². The van der Waals surface area contributed by atoms with E-state index in [1.54, 1.807) is 7.11 Å². The topological polar surface area (TPSA) is 64.4 Å². The number of nitrogens with zero attached hydrogens (tertiary/aromatic N) is 3. The van der Waals surface area contributed by atoms with Crippen LogP contribution in [0, 0.1) is 0 Å². The van der Waals surface area contributed by atoms with Crippen LogP contribution in [0.4, 0.5) is 0 Å². The number of hydrogen-bond donors (Lipinski definition) is 0. The summed E-state index contributed by atoms with van der Waals surface area (Å²) in [6.07, 6.45) is 7.62. The van der Waals surface area contributed by atoms with Crippen molar-refractivity contribution in [2.45, 2.75) is 38.3 Å². The quantitative estimate of drug-likeness (QED) is 0.787. The van der Waals surface area contributed by atoms with Crippen molar-refractivity contribution in [2.75, 3.05) is 31.7 Å². The molecule has 6 nitrogen and oxygen atoms in total. The fourth-order valence-corrected chi connectivity index (χ4v) is 5.68.